The summed E-state index contributed by atoms with van der Waals surface area (Å²) in [6.07, 6.45) is 9.71. The summed E-state index contributed by atoms with van der Waals surface area (Å²) in [5, 5.41) is 0. The molecule has 0 aromatic heterocycles. The van der Waals surface area contributed by atoms with Crippen LogP contribution >= 0.6 is 11.9 Å². The Bertz CT molecular complexity index is 561. The lowest BCUT2D eigenvalue weighted by Gasteiger charge is -2.13. The Labute approximate surface area is 154 Å². The van der Waals surface area contributed by atoms with Crippen LogP contribution in [0.4, 0.5) is 4.79 Å². The van der Waals surface area contributed by atoms with Gasteiger partial charge in [0.1, 0.15) is 12.9 Å². The van der Waals surface area contributed by atoms with Gasteiger partial charge >= 0.3 is 6.09 Å². The average molecular weight is 362 g/mol. The van der Waals surface area contributed by atoms with Gasteiger partial charge in [0.25, 0.3) is 0 Å². The highest BCUT2D eigenvalue weighted by Gasteiger charge is 2.11. The van der Waals surface area contributed by atoms with E-state index in [0.717, 1.165) is 37.7 Å². The first-order valence-corrected chi connectivity index (χ1v) is 9.57. The van der Waals surface area contributed by atoms with Crippen LogP contribution in [0.15, 0.2) is 48.0 Å². The third-order valence-electron chi connectivity index (χ3n) is 3.46. The number of carbonyl (C=O) groups excluding carboxylic acids is 2. The van der Waals surface area contributed by atoms with Crippen LogP contribution in [0.5, 0.6) is 0 Å². The molecule has 6 heteroatoms. The Hall–Kier alpha value is -2.08. The second kappa shape index (κ2) is 13.2. The van der Waals surface area contributed by atoms with Gasteiger partial charge in [-0.25, -0.2) is 9.10 Å². The maximum Gasteiger partial charge on any atom is 0.435 e. The van der Waals surface area contributed by atoms with Crippen molar-refractivity contribution in [2.75, 3.05) is 6.26 Å². The Kier molecular flexibility index (Phi) is 11.1. The highest BCUT2D eigenvalue weighted by atomic mass is 32.2. The molecule has 136 valence electrons. The zero-order chi connectivity index (χ0) is 18.3. The van der Waals surface area contributed by atoms with Crippen molar-refractivity contribution in [1.82, 2.24) is 4.31 Å². The predicted molar refractivity (Wildman–Crippen MR) is 103 cm³/mol. The highest BCUT2D eigenvalue weighted by molar-refractivity contribution is 7.97. The summed E-state index contributed by atoms with van der Waals surface area (Å²) >= 11 is 1.22. The molecule has 0 aliphatic rings. The van der Waals surface area contributed by atoms with Gasteiger partial charge in [0.05, 0.1) is 0 Å². The number of benzene rings is 1. The van der Waals surface area contributed by atoms with Crippen LogP contribution in [0.25, 0.3) is 0 Å². The molecule has 0 N–H and O–H groups in total. The summed E-state index contributed by atoms with van der Waals surface area (Å²) in [4.78, 5) is 27.4. The van der Waals surface area contributed by atoms with E-state index in [2.05, 4.69) is 11.6 Å². The maximum absolute atomic E-state index is 12.1. The van der Waals surface area contributed by atoms with Crippen molar-refractivity contribution in [2.24, 2.45) is 4.99 Å². The van der Waals surface area contributed by atoms with Crippen molar-refractivity contribution in [3.63, 3.8) is 0 Å². The number of hydrogen-bond acceptors (Lipinski definition) is 4. The molecular weight excluding hydrogens is 336 g/mol. The molecule has 0 aliphatic carbocycles. The van der Waals surface area contributed by atoms with E-state index in [1.54, 1.807) is 6.26 Å². The first kappa shape index (κ1) is 21.0. The first-order valence-electron chi connectivity index (χ1n) is 8.39. The topological polar surface area (TPSA) is 59.0 Å². The molecule has 1 aromatic rings. The molecule has 0 bridgehead atoms. The molecule has 0 saturated carbocycles. The quantitative estimate of drug-likeness (QED) is 0.183. The monoisotopic (exact) mass is 362 g/mol. The van der Waals surface area contributed by atoms with E-state index in [4.69, 9.17) is 4.74 Å². The highest BCUT2D eigenvalue weighted by Crippen LogP contribution is 2.11. The van der Waals surface area contributed by atoms with Crippen LogP contribution < -0.4 is 0 Å². The van der Waals surface area contributed by atoms with E-state index >= 15 is 0 Å². The van der Waals surface area contributed by atoms with E-state index in [1.165, 1.54) is 22.6 Å². The Balaban J connectivity index is 2.30. The van der Waals surface area contributed by atoms with E-state index in [0.29, 0.717) is 6.42 Å². The lowest BCUT2D eigenvalue weighted by molar-refractivity contribution is -0.123. The summed E-state index contributed by atoms with van der Waals surface area (Å²) in [5.41, 5.74) is 0.889. The van der Waals surface area contributed by atoms with Gasteiger partial charge in [0, 0.05) is 12.7 Å². The summed E-state index contributed by atoms with van der Waals surface area (Å²) in [7, 11) is 0. The molecule has 0 aliphatic heterocycles. The Morgan fingerprint density at radius 2 is 1.92 bits per heavy atom. The second-order valence-electron chi connectivity index (χ2n) is 5.43. The summed E-state index contributed by atoms with van der Waals surface area (Å²) in [6, 6.07) is 9.37. The second-order valence-corrected chi connectivity index (χ2v) is 6.19. The molecule has 1 aromatic carbocycles. The molecular formula is C19H26N2O3S. The number of allylic oxidation sites excluding steroid dienone is 1. The van der Waals surface area contributed by atoms with Crippen molar-refractivity contribution in [3.05, 3.63) is 48.6 Å². The molecule has 1 rings (SSSR count). The van der Waals surface area contributed by atoms with Gasteiger partial charge in [-0.05, 0) is 36.8 Å². The zero-order valence-electron chi connectivity index (χ0n) is 14.7. The first-order chi connectivity index (χ1) is 12.2. The van der Waals surface area contributed by atoms with Gasteiger partial charge in [0.15, 0.2) is 0 Å². The number of amides is 2. The molecule has 0 saturated heterocycles. The van der Waals surface area contributed by atoms with Gasteiger partial charge < -0.3 is 4.74 Å². The van der Waals surface area contributed by atoms with Crippen molar-refractivity contribution in [1.29, 1.82) is 0 Å². The summed E-state index contributed by atoms with van der Waals surface area (Å²) < 4.78 is 6.42. The molecule has 0 fully saturated rings. The summed E-state index contributed by atoms with van der Waals surface area (Å²) in [5.74, 6) is -0.0594. The number of hydrogen-bond donors (Lipinski definition) is 0. The van der Waals surface area contributed by atoms with E-state index in [9.17, 15) is 9.59 Å². The number of carbonyl (C=O) groups is 2. The van der Waals surface area contributed by atoms with Crippen LogP contribution in [0, 0.1) is 0 Å². The number of aliphatic imine (C=N–C) groups is 1. The third kappa shape index (κ3) is 9.72. The smallest absolute Gasteiger partial charge is 0.435 e. The van der Waals surface area contributed by atoms with Gasteiger partial charge in [0.2, 0.25) is 5.91 Å². The van der Waals surface area contributed by atoms with Gasteiger partial charge in [-0.1, -0.05) is 49.2 Å². The molecule has 0 heterocycles. The van der Waals surface area contributed by atoms with Crippen molar-refractivity contribution < 1.29 is 14.3 Å². The molecule has 2 amide bonds. The van der Waals surface area contributed by atoms with E-state index in [1.807, 2.05) is 36.4 Å². The molecule has 0 spiro atoms. The fourth-order valence-corrected chi connectivity index (χ4v) is 2.53. The summed E-state index contributed by atoms with van der Waals surface area (Å²) in [6.45, 7) is 3.85. The largest absolute Gasteiger partial charge is 0.443 e. The number of unbranched alkanes of at least 4 members (excludes halogenated alkanes) is 4. The van der Waals surface area contributed by atoms with E-state index < -0.39 is 6.09 Å². The van der Waals surface area contributed by atoms with Crippen molar-refractivity contribution in [3.8, 4) is 0 Å². The normalized spacial score (nSPS) is 10.6. The van der Waals surface area contributed by atoms with Crippen LogP contribution in [0.3, 0.4) is 0 Å². The van der Waals surface area contributed by atoms with Crippen LogP contribution in [0.2, 0.25) is 0 Å². The van der Waals surface area contributed by atoms with Gasteiger partial charge in [-0.15, -0.1) is 6.58 Å². The number of nitrogens with zero attached hydrogens (tertiary/aromatic N) is 2. The predicted octanol–water partition coefficient (Wildman–Crippen LogP) is 4.98. The van der Waals surface area contributed by atoms with Crippen LogP contribution in [0.1, 0.15) is 44.1 Å². The van der Waals surface area contributed by atoms with Crippen LogP contribution in [-0.4, -0.2) is 28.9 Å². The van der Waals surface area contributed by atoms with Crippen LogP contribution in [-0.2, 0) is 16.1 Å². The van der Waals surface area contributed by atoms with Crippen molar-refractivity contribution in [2.45, 2.75) is 45.1 Å². The van der Waals surface area contributed by atoms with Gasteiger partial charge in [-0.3, -0.25) is 4.79 Å². The molecule has 0 atom stereocenters. The average Bonchev–Trinajstić information content (AvgIpc) is 2.64. The zero-order valence-corrected chi connectivity index (χ0v) is 15.5. The minimum atomic E-state index is -0.708. The fourth-order valence-electron chi connectivity index (χ4n) is 2.10. The maximum atomic E-state index is 12.1. The Morgan fingerprint density at radius 1 is 1.20 bits per heavy atom. The molecule has 5 nitrogen and oxygen atoms in total. The van der Waals surface area contributed by atoms with Crippen molar-refractivity contribution >= 4 is 30.3 Å². The molecule has 0 radical (unpaired) electrons. The SMILES string of the molecule is C=CCCCCCCC(=O)N(/C=N\C(=O)OCc1ccccc1)SC. The minimum Gasteiger partial charge on any atom is -0.443 e. The lowest BCUT2D eigenvalue weighted by atomic mass is 10.1. The number of rotatable bonds is 11. The standard InChI is InChI=1S/C19H26N2O3S/c1-3-4-5-6-7-11-14-18(22)21(25-2)16-20-19(23)24-15-17-12-9-8-10-13-17/h3,8-10,12-13,16H,1,4-7,11,14-15H2,2H3/b20-16-. The van der Waals surface area contributed by atoms with E-state index in [-0.39, 0.29) is 12.5 Å². The fraction of sp³-hybridized carbons (Fsp3) is 0.421. The minimum absolute atomic E-state index is 0.0594. The van der Waals surface area contributed by atoms with Gasteiger partial charge in [-0.2, -0.15) is 4.99 Å². The molecule has 0 unspecified atom stereocenters. The number of ether oxygens (including phenoxy) is 1. The lowest BCUT2D eigenvalue weighted by Crippen LogP contribution is -2.22. The Morgan fingerprint density at radius 3 is 2.60 bits per heavy atom. The molecule has 25 heavy (non-hydrogen) atoms. The third-order valence-corrected chi connectivity index (χ3v) is 4.16.